The molecule has 0 aliphatic carbocycles. The molecule has 0 aromatic carbocycles. The van der Waals surface area contributed by atoms with E-state index in [1.54, 1.807) is 12.3 Å². The van der Waals surface area contributed by atoms with Crippen molar-refractivity contribution in [2.45, 2.75) is 13.3 Å². The molecular formula is C5H6S. The first-order valence-corrected chi connectivity index (χ1v) is 2.22. The van der Waals surface area contributed by atoms with Gasteiger partial charge in [0.25, 0.3) is 0 Å². The third-order valence-electron chi connectivity index (χ3n) is 0.362. The topological polar surface area (TPSA) is 0 Å². The summed E-state index contributed by atoms with van der Waals surface area (Å²) in [5.74, 6) is 5.51. The van der Waals surface area contributed by atoms with Crippen LogP contribution in [0, 0.1) is 11.8 Å². The largest absolute Gasteiger partial charge is 0.106 e. The predicted molar refractivity (Wildman–Crippen MR) is 31.7 cm³/mol. The van der Waals surface area contributed by atoms with Crippen LogP contribution >= 0.6 is 12.2 Å². The molecule has 0 fully saturated rings. The van der Waals surface area contributed by atoms with Crippen molar-refractivity contribution < 1.29 is 0 Å². The zero-order valence-electron chi connectivity index (χ0n) is 3.69. The highest BCUT2D eigenvalue weighted by Gasteiger charge is 1.57. The third-order valence-corrected chi connectivity index (χ3v) is 0.529. The van der Waals surface area contributed by atoms with E-state index >= 15 is 0 Å². The minimum Gasteiger partial charge on any atom is -0.106 e. The SMILES string of the molecule is CC#CCC=S. The Hall–Kier alpha value is -0.350. The molecule has 0 nitrogen and oxygen atoms in total. The van der Waals surface area contributed by atoms with Gasteiger partial charge in [-0.2, -0.15) is 0 Å². The smallest absolute Gasteiger partial charge is 0.0373 e. The van der Waals surface area contributed by atoms with Crippen molar-refractivity contribution in [3.63, 3.8) is 0 Å². The molecule has 0 spiro atoms. The maximum atomic E-state index is 4.49. The van der Waals surface area contributed by atoms with Gasteiger partial charge >= 0.3 is 0 Å². The lowest BCUT2D eigenvalue weighted by Crippen LogP contribution is -1.58. The van der Waals surface area contributed by atoms with Gasteiger partial charge in [-0.05, 0) is 12.3 Å². The molecule has 0 heterocycles. The first kappa shape index (κ1) is 5.65. The molecule has 6 heavy (non-hydrogen) atoms. The Morgan fingerprint density at radius 3 is 2.67 bits per heavy atom. The van der Waals surface area contributed by atoms with Crippen molar-refractivity contribution in [1.29, 1.82) is 0 Å². The fourth-order valence-corrected chi connectivity index (χ4v) is 0.227. The molecular weight excluding hydrogens is 92.1 g/mol. The molecule has 0 saturated carbocycles. The van der Waals surface area contributed by atoms with Gasteiger partial charge in [-0.1, -0.05) is 18.1 Å². The Bertz CT molecular complexity index is 83.8. The van der Waals surface area contributed by atoms with Crippen LogP contribution in [0.25, 0.3) is 0 Å². The van der Waals surface area contributed by atoms with Gasteiger partial charge in [-0.15, -0.1) is 5.92 Å². The van der Waals surface area contributed by atoms with Crippen LogP contribution in [0.4, 0.5) is 0 Å². The van der Waals surface area contributed by atoms with Crippen molar-refractivity contribution in [2.75, 3.05) is 0 Å². The molecule has 0 aliphatic heterocycles. The monoisotopic (exact) mass is 98.0 g/mol. The van der Waals surface area contributed by atoms with Gasteiger partial charge in [0.05, 0.1) is 0 Å². The fourth-order valence-electron chi connectivity index (χ4n) is 0.144. The summed E-state index contributed by atoms with van der Waals surface area (Å²) in [4.78, 5) is 0. The number of hydrogen-bond acceptors (Lipinski definition) is 1. The summed E-state index contributed by atoms with van der Waals surface area (Å²) in [5, 5.41) is 1.62. The average molecular weight is 98.2 g/mol. The van der Waals surface area contributed by atoms with E-state index in [4.69, 9.17) is 0 Å². The van der Waals surface area contributed by atoms with Crippen LogP contribution in [0.15, 0.2) is 0 Å². The van der Waals surface area contributed by atoms with Crippen molar-refractivity contribution in [3.05, 3.63) is 0 Å². The lowest BCUT2D eigenvalue weighted by molar-refractivity contribution is 1.67. The van der Waals surface area contributed by atoms with Crippen molar-refractivity contribution >= 4 is 17.6 Å². The molecule has 0 atom stereocenters. The second-order valence-corrected chi connectivity index (χ2v) is 1.13. The molecule has 32 valence electrons. The highest BCUT2D eigenvalue weighted by Crippen LogP contribution is 1.64. The molecule has 0 N–H and O–H groups in total. The quantitative estimate of drug-likeness (QED) is 0.353. The Balaban J connectivity index is 3.00. The van der Waals surface area contributed by atoms with Crippen LogP contribution in [-0.4, -0.2) is 5.37 Å². The van der Waals surface area contributed by atoms with Crippen LogP contribution in [0.3, 0.4) is 0 Å². The zero-order chi connectivity index (χ0) is 4.83. The summed E-state index contributed by atoms with van der Waals surface area (Å²) in [5.41, 5.74) is 0. The van der Waals surface area contributed by atoms with Gasteiger partial charge in [-0.3, -0.25) is 0 Å². The van der Waals surface area contributed by atoms with E-state index < -0.39 is 0 Å². The summed E-state index contributed by atoms with van der Waals surface area (Å²) in [6, 6.07) is 0. The molecule has 0 aromatic heterocycles. The Morgan fingerprint density at radius 2 is 2.50 bits per heavy atom. The predicted octanol–water partition coefficient (Wildman–Crippen LogP) is 1.40. The van der Waals surface area contributed by atoms with Crippen molar-refractivity contribution in [1.82, 2.24) is 0 Å². The van der Waals surface area contributed by atoms with Crippen molar-refractivity contribution in [3.8, 4) is 11.8 Å². The lowest BCUT2D eigenvalue weighted by atomic mass is 10.5. The summed E-state index contributed by atoms with van der Waals surface area (Å²) >= 11 is 4.49. The highest BCUT2D eigenvalue weighted by molar-refractivity contribution is 7.79. The first-order valence-electron chi connectivity index (χ1n) is 1.75. The maximum Gasteiger partial charge on any atom is 0.0373 e. The molecule has 0 saturated heterocycles. The third kappa shape index (κ3) is 3.65. The zero-order valence-corrected chi connectivity index (χ0v) is 4.51. The molecule has 0 bridgehead atoms. The van der Waals surface area contributed by atoms with Gasteiger partial charge in [-0.25, -0.2) is 0 Å². The normalized spacial score (nSPS) is 5.50. The fraction of sp³-hybridized carbons (Fsp3) is 0.400. The molecule has 0 amide bonds. The summed E-state index contributed by atoms with van der Waals surface area (Å²) < 4.78 is 0. The van der Waals surface area contributed by atoms with Crippen LogP contribution in [0.5, 0.6) is 0 Å². The van der Waals surface area contributed by atoms with Crippen LogP contribution in [0.2, 0.25) is 0 Å². The Labute approximate surface area is 43.6 Å². The van der Waals surface area contributed by atoms with E-state index in [0.29, 0.717) is 0 Å². The summed E-state index contributed by atoms with van der Waals surface area (Å²) in [7, 11) is 0. The molecule has 0 unspecified atom stereocenters. The standard InChI is InChI=1S/C5H6S/c1-2-3-4-5-6/h5H,4H2,1H3. The van der Waals surface area contributed by atoms with E-state index in [0.717, 1.165) is 6.42 Å². The molecule has 0 radical (unpaired) electrons. The van der Waals surface area contributed by atoms with Gasteiger partial charge in [0.2, 0.25) is 0 Å². The second-order valence-electron chi connectivity index (χ2n) is 0.798. The van der Waals surface area contributed by atoms with E-state index in [2.05, 4.69) is 24.1 Å². The van der Waals surface area contributed by atoms with Gasteiger partial charge in [0.15, 0.2) is 0 Å². The van der Waals surface area contributed by atoms with Crippen LogP contribution in [0.1, 0.15) is 13.3 Å². The van der Waals surface area contributed by atoms with Crippen molar-refractivity contribution in [2.24, 2.45) is 0 Å². The van der Waals surface area contributed by atoms with Gasteiger partial charge < -0.3 is 0 Å². The molecule has 0 aliphatic rings. The van der Waals surface area contributed by atoms with E-state index in [-0.39, 0.29) is 0 Å². The second kappa shape index (κ2) is 4.65. The maximum absolute atomic E-state index is 4.49. The van der Waals surface area contributed by atoms with Crippen LogP contribution < -0.4 is 0 Å². The first-order chi connectivity index (χ1) is 2.91. The molecule has 0 aromatic rings. The average Bonchev–Trinajstić information content (AvgIpc) is 1.61. The minimum absolute atomic E-state index is 0.742. The van der Waals surface area contributed by atoms with E-state index in [9.17, 15) is 0 Å². The van der Waals surface area contributed by atoms with E-state index in [1.807, 2.05) is 0 Å². The summed E-state index contributed by atoms with van der Waals surface area (Å²) in [6.45, 7) is 1.80. The number of rotatable bonds is 1. The number of thiocarbonyl (C=S) groups is 1. The summed E-state index contributed by atoms with van der Waals surface area (Å²) in [6.07, 6.45) is 0.742. The van der Waals surface area contributed by atoms with Gasteiger partial charge in [0.1, 0.15) is 0 Å². The minimum atomic E-state index is 0.742. The Kier molecular flexibility index (Phi) is 4.38. The molecule has 1 heteroatoms. The van der Waals surface area contributed by atoms with Gasteiger partial charge in [0, 0.05) is 6.42 Å². The molecule has 0 rings (SSSR count). The van der Waals surface area contributed by atoms with E-state index in [1.165, 1.54) is 0 Å². The Morgan fingerprint density at radius 1 is 1.83 bits per heavy atom. The highest BCUT2D eigenvalue weighted by atomic mass is 32.1. The number of hydrogen-bond donors (Lipinski definition) is 0. The van der Waals surface area contributed by atoms with Crippen LogP contribution in [-0.2, 0) is 0 Å². The lowest BCUT2D eigenvalue weighted by Gasteiger charge is -1.62.